The monoisotopic (exact) mass is 343 g/mol. The van der Waals surface area contributed by atoms with E-state index in [-0.39, 0.29) is 5.82 Å². The third kappa shape index (κ3) is 3.33. The molecule has 3 aromatic rings. The van der Waals surface area contributed by atoms with Crippen molar-refractivity contribution < 1.29 is 9.18 Å². The molecule has 0 unspecified atom stereocenters. The van der Waals surface area contributed by atoms with Gasteiger partial charge in [-0.2, -0.15) is 0 Å². The smallest absolute Gasteiger partial charge is 0.298 e. The summed E-state index contributed by atoms with van der Waals surface area (Å²) in [5.74, 6) is -1.01. The van der Waals surface area contributed by atoms with E-state index in [1.54, 1.807) is 24.3 Å². The van der Waals surface area contributed by atoms with Gasteiger partial charge in [0.25, 0.3) is 11.5 Å². The molecule has 5 nitrogen and oxygen atoms in total. The first-order chi connectivity index (χ1) is 11.5. The number of hydrogen-bond donors (Lipinski definition) is 1. The molecule has 0 radical (unpaired) electrons. The number of hydrogen-bond acceptors (Lipinski definition) is 3. The number of carbonyl (C=O) groups is 1. The Balaban J connectivity index is 1.91. The molecule has 0 saturated heterocycles. The van der Waals surface area contributed by atoms with E-state index in [2.05, 4.69) is 10.3 Å². The molecule has 24 heavy (non-hydrogen) atoms. The summed E-state index contributed by atoms with van der Waals surface area (Å²) in [6.07, 6.45) is 2.82. The average molecular weight is 344 g/mol. The minimum absolute atomic E-state index is 0.123. The zero-order valence-electron chi connectivity index (χ0n) is 12.2. The predicted molar refractivity (Wildman–Crippen MR) is 89.2 cm³/mol. The number of nitrogens with one attached hydrogen (secondary N) is 1. The van der Waals surface area contributed by atoms with Gasteiger partial charge in [-0.1, -0.05) is 11.6 Å². The number of carbonyl (C=O) groups excluding carboxylic acids is 1. The van der Waals surface area contributed by atoms with Gasteiger partial charge in [-0.05, 0) is 48.5 Å². The third-order valence-corrected chi connectivity index (χ3v) is 3.54. The van der Waals surface area contributed by atoms with Crippen molar-refractivity contribution in [2.75, 3.05) is 5.32 Å². The summed E-state index contributed by atoms with van der Waals surface area (Å²) in [5.41, 5.74) is 0.287. The van der Waals surface area contributed by atoms with E-state index in [0.717, 1.165) is 0 Å². The van der Waals surface area contributed by atoms with Crippen molar-refractivity contribution in [1.82, 2.24) is 9.55 Å². The number of rotatable bonds is 3. The van der Waals surface area contributed by atoms with Gasteiger partial charge in [0.05, 0.1) is 0 Å². The number of benzene rings is 2. The highest BCUT2D eigenvalue weighted by molar-refractivity contribution is 6.30. The zero-order chi connectivity index (χ0) is 17.1. The summed E-state index contributed by atoms with van der Waals surface area (Å²) in [6.45, 7) is 0. The molecule has 0 spiro atoms. The Morgan fingerprint density at radius 3 is 2.42 bits per heavy atom. The SMILES string of the molecule is O=C(Nc1nccn(-c2ccc(F)cc2)c1=O)c1ccc(Cl)cc1. The van der Waals surface area contributed by atoms with Crippen molar-refractivity contribution in [3.63, 3.8) is 0 Å². The second-order valence-electron chi connectivity index (χ2n) is 4.89. The van der Waals surface area contributed by atoms with Gasteiger partial charge in [-0.15, -0.1) is 0 Å². The highest BCUT2D eigenvalue weighted by Crippen LogP contribution is 2.11. The fourth-order valence-corrected chi connectivity index (χ4v) is 2.21. The lowest BCUT2D eigenvalue weighted by Crippen LogP contribution is -2.26. The first-order valence-electron chi connectivity index (χ1n) is 6.95. The summed E-state index contributed by atoms with van der Waals surface area (Å²) in [4.78, 5) is 28.5. The number of anilines is 1. The first-order valence-corrected chi connectivity index (χ1v) is 7.33. The molecule has 0 aliphatic heterocycles. The van der Waals surface area contributed by atoms with Gasteiger partial charge >= 0.3 is 0 Å². The molecule has 120 valence electrons. The van der Waals surface area contributed by atoms with Crippen molar-refractivity contribution in [3.05, 3.63) is 87.7 Å². The van der Waals surface area contributed by atoms with Gasteiger partial charge in [-0.3, -0.25) is 14.2 Å². The van der Waals surface area contributed by atoms with Crippen LogP contribution in [0, 0.1) is 5.82 Å². The van der Waals surface area contributed by atoms with Crippen LogP contribution in [0.4, 0.5) is 10.2 Å². The lowest BCUT2D eigenvalue weighted by atomic mass is 10.2. The van der Waals surface area contributed by atoms with Crippen molar-refractivity contribution in [3.8, 4) is 5.69 Å². The van der Waals surface area contributed by atoms with E-state index >= 15 is 0 Å². The maximum Gasteiger partial charge on any atom is 0.298 e. The van der Waals surface area contributed by atoms with E-state index in [1.165, 1.54) is 41.2 Å². The maximum absolute atomic E-state index is 13.0. The average Bonchev–Trinajstić information content (AvgIpc) is 2.58. The van der Waals surface area contributed by atoms with Crippen molar-refractivity contribution in [1.29, 1.82) is 0 Å². The van der Waals surface area contributed by atoms with Gasteiger partial charge in [0.1, 0.15) is 5.82 Å². The van der Waals surface area contributed by atoms with Crippen molar-refractivity contribution in [2.45, 2.75) is 0 Å². The Hall–Kier alpha value is -2.99. The summed E-state index contributed by atoms with van der Waals surface area (Å²) in [5, 5.41) is 2.97. The number of halogens is 2. The van der Waals surface area contributed by atoms with Gasteiger partial charge in [0.15, 0.2) is 5.82 Å². The second kappa shape index (κ2) is 6.64. The van der Waals surface area contributed by atoms with Gasteiger partial charge < -0.3 is 5.32 Å². The highest BCUT2D eigenvalue weighted by Gasteiger charge is 2.12. The van der Waals surface area contributed by atoms with Crippen LogP contribution < -0.4 is 10.9 Å². The van der Waals surface area contributed by atoms with Crippen LogP contribution in [0.1, 0.15) is 10.4 Å². The van der Waals surface area contributed by atoms with Crippen molar-refractivity contribution in [2.24, 2.45) is 0 Å². The number of aromatic nitrogens is 2. The molecule has 1 amide bonds. The standard InChI is InChI=1S/C17H11ClFN3O2/c18-12-3-1-11(2-4-12)16(23)21-15-17(24)22(10-9-20-15)14-7-5-13(19)6-8-14/h1-10H,(H,20,21,23). The molecule has 0 aliphatic rings. The Morgan fingerprint density at radius 2 is 1.75 bits per heavy atom. The van der Waals surface area contributed by atoms with Crippen LogP contribution >= 0.6 is 11.6 Å². The lowest BCUT2D eigenvalue weighted by molar-refractivity contribution is 0.102. The molecule has 0 bridgehead atoms. The Bertz CT molecular complexity index is 937. The molecule has 7 heteroatoms. The third-order valence-electron chi connectivity index (χ3n) is 3.28. The fourth-order valence-electron chi connectivity index (χ4n) is 2.08. The number of nitrogens with zero attached hydrogens (tertiary/aromatic N) is 2. The Morgan fingerprint density at radius 1 is 1.08 bits per heavy atom. The van der Waals surface area contributed by atoms with Crippen LogP contribution in [-0.2, 0) is 0 Å². The minimum atomic E-state index is -0.522. The molecule has 1 aromatic heterocycles. The summed E-state index contributed by atoms with van der Waals surface area (Å²) in [7, 11) is 0. The van der Waals surface area contributed by atoms with Crippen molar-refractivity contribution >= 4 is 23.3 Å². The molecule has 0 atom stereocenters. The lowest BCUT2D eigenvalue weighted by Gasteiger charge is -2.08. The molecule has 0 saturated carbocycles. The van der Waals surface area contributed by atoms with Crippen LogP contribution in [0.5, 0.6) is 0 Å². The maximum atomic E-state index is 13.0. The van der Waals surface area contributed by atoms with Gasteiger partial charge in [0, 0.05) is 28.7 Å². The van der Waals surface area contributed by atoms with E-state index in [9.17, 15) is 14.0 Å². The summed E-state index contributed by atoms with van der Waals surface area (Å²) >= 11 is 5.78. The van der Waals surface area contributed by atoms with Crippen LogP contribution in [-0.4, -0.2) is 15.5 Å². The molecule has 3 rings (SSSR count). The second-order valence-corrected chi connectivity index (χ2v) is 5.32. The first kappa shape index (κ1) is 15.9. The van der Waals surface area contributed by atoms with Crippen LogP contribution in [0.3, 0.4) is 0 Å². The highest BCUT2D eigenvalue weighted by atomic mass is 35.5. The molecular weight excluding hydrogens is 333 g/mol. The summed E-state index contributed by atoms with van der Waals surface area (Å²) in [6, 6.07) is 11.6. The largest absolute Gasteiger partial charge is 0.302 e. The minimum Gasteiger partial charge on any atom is -0.302 e. The van der Waals surface area contributed by atoms with Gasteiger partial charge in [-0.25, -0.2) is 9.37 Å². The molecule has 0 aliphatic carbocycles. The topological polar surface area (TPSA) is 64.0 Å². The van der Waals surface area contributed by atoms with E-state index in [4.69, 9.17) is 11.6 Å². The van der Waals surface area contributed by atoms with Crippen LogP contribution in [0.25, 0.3) is 5.69 Å². The van der Waals surface area contributed by atoms with E-state index in [0.29, 0.717) is 16.3 Å². The predicted octanol–water partition coefficient (Wildman–Crippen LogP) is 3.28. The van der Waals surface area contributed by atoms with Crippen LogP contribution in [0.15, 0.2) is 65.7 Å². The fraction of sp³-hybridized carbons (Fsp3) is 0. The molecular formula is C17H11ClFN3O2. The molecule has 2 aromatic carbocycles. The molecule has 1 N–H and O–H groups in total. The van der Waals surface area contributed by atoms with Gasteiger partial charge in [0.2, 0.25) is 0 Å². The number of amides is 1. The zero-order valence-corrected chi connectivity index (χ0v) is 13.0. The summed E-state index contributed by atoms with van der Waals surface area (Å²) < 4.78 is 14.3. The molecule has 1 heterocycles. The Labute approximate surface area is 141 Å². The normalized spacial score (nSPS) is 10.4. The van der Waals surface area contributed by atoms with Crippen LogP contribution in [0.2, 0.25) is 5.02 Å². The quantitative estimate of drug-likeness (QED) is 0.793. The van der Waals surface area contributed by atoms with E-state index in [1.807, 2.05) is 0 Å². The Kier molecular flexibility index (Phi) is 4.39. The molecule has 0 fully saturated rings. The van der Waals surface area contributed by atoms with E-state index < -0.39 is 17.3 Å².